The fraction of sp³-hybridized carbons (Fsp3) is 0.217. The third-order valence-electron chi connectivity index (χ3n) is 6.56. The van der Waals surface area contributed by atoms with Crippen molar-refractivity contribution in [2.75, 3.05) is 19.7 Å². The van der Waals surface area contributed by atoms with E-state index in [1.54, 1.807) is 12.1 Å². The summed E-state index contributed by atoms with van der Waals surface area (Å²) < 4.78 is 51.3. The Morgan fingerprint density at radius 1 is 0.950 bits per heavy atom. The molecular formula is C23H16NO13S3-3. The Hall–Kier alpha value is -2.97. The van der Waals surface area contributed by atoms with Gasteiger partial charge in [-0.3, -0.25) is 19.7 Å². The van der Waals surface area contributed by atoms with E-state index in [1.807, 2.05) is 0 Å². The predicted molar refractivity (Wildman–Crippen MR) is 132 cm³/mol. The number of carboxylic acid groups (broad SMARTS) is 1. The molecule has 1 atom stereocenters. The SMILES string of the molecule is O=C(O)C1CCN(C(=O)COc2cc(SOO[O-])c3ccc4c(SOO[O-])cc(S(=O)(=O)[O-])c5ccc2c3c45)C1. The number of carbonyl (C=O) groups excluding carboxylic acids is 1. The molecule has 1 unspecified atom stereocenters. The minimum Gasteiger partial charge on any atom is -0.744 e. The van der Waals surface area contributed by atoms with Crippen LogP contribution in [0.3, 0.4) is 0 Å². The largest absolute Gasteiger partial charge is 0.744 e. The summed E-state index contributed by atoms with van der Waals surface area (Å²) in [6.45, 7) is -0.140. The van der Waals surface area contributed by atoms with Gasteiger partial charge < -0.3 is 29.8 Å². The van der Waals surface area contributed by atoms with E-state index in [-0.39, 0.29) is 39.4 Å². The van der Waals surface area contributed by atoms with Crippen LogP contribution in [0.4, 0.5) is 0 Å². The lowest BCUT2D eigenvalue weighted by atomic mass is 9.93. The number of benzene rings is 4. The number of ether oxygens (including phenoxy) is 1. The molecule has 0 aromatic heterocycles. The number of rotatable bonds is 11. The molecule has 4 aromatic rings. The van der Waals surface area contributed by atoms with E-state index >= 15 is 0 Å². The third-order valence-corrected chi connectivity index (χ3v) is 8.72. The van der Waals surface area contributed by atoms with Crippen molar-refractivity contribution in [1.82, 2.24) is 4.90 Å². The van der Waals surface area contributed by atoms with Gasteiger partial charge in [-0.25, -0.2) is 8.42 Å². The molecule has 1 amide bonds. The molecule has 17 heteroatoms. The van der Waals surface area contributed by atoms with Gasteiger partial charge in [0.15, 0.2) is 6.61 Å². The van der Waals surface area contributed by atoms with Gasteiger partial charge in [-0.05, 0) is 40.8 Å². The van der Waals surface area contributed by atoms with Gasteiger partial charge in [-0.2, -0.15) is 8.67 Å². The molecule has 5 rings (SSSR count). The van der Waals surface area contributed by atoms with Crippen molar-refractivity contribution in [2.24, 2.45) is 5.92 Å². The first-order valence-electron chi connectivity index (χ1n) is 11.3. The first-order chi connectivity index (χ1) is 19.1. The van der Waals surface area contributed by atoms with Gasteiger partial charge in [0.05, 0.1) is 39.8 Å². The molecule has 212 valence electrons. The van der Waals surface area contributed by atoms with E-state index in [2.05, 4.69) is 18.7 Å². The van der Waals surface area contributed by atoms with E-state index < -0.39 is 39.4 Å². The zero-order chi connectivity index (χ0) is 28.6. The quantitative estimate of drug-likeness (QED) is 0.0833. The minimum atomic E-state index is -5.00. The van der Waals surface area contributed by atoms with Crippen molar-refractivity contribution in [2.45, 2.75) is 21.1 Å². The Morgan fingerprint density at radius 2 is 1.52 bits per heavy atom. The maximum Gasteiger partial charge on any atom is 0.308 e. The highest BCUT2D eigenvalue weighted by atomic mass is 32.2. The second kappa shape index (κ2) is 11.5. The van der Waals surface area contributed by atoms with Crippen LogP contribution in [0, 0.1) is 5.92 Å². The summed E-state index contributed by atoms with van der Waals surface area (Å²) in [6, 6.07) is 8.68. The van der Waals surface area contributed by atoms with Crippen molar-refractivity contribution in [3.05, 3.63) is 36.4 Å². The molecule has 1 fully saturated rings. The second-order valence-corrected chi connectivity index (χ2v) is 11.5. The van der Waals surface area contributed by atoms with Crippen LogP contribution in [-0.2, 0) is 38.5 Å². The number of amides is 1. The lowest BCUT2D eigenvalue weighted by Crippen LogP contribution is -2.33. The molecule has 0 bridgehead atoms. The van der Waals surface area contributed by atoms with Crippen LogP contribution < -0.4 is 15.3 Å². The van der Waals surface area contributed by atoms with Crippen molar-refractivity contribution in [3.63, 3.8) is 0 Å². The molecule has 40 heavy (non-hydrogen) atoms. The lowest BCUT2D eigenvalue weighted by Gasteiger charge is -2.21. The minimum absolute atomic E-state index is 0.0494. The highest BCUT2D eigenvalue weighted by molar-refractivity contribution is 7.95. The number of hydrogen-bond donors (Lipinski definition) is 1. The topological polar surface area (TPSA) is 207 Å². The molecule has 1 aliphatic heterocycles. The van der Waals surface area contributed by atoms with Crippen LogP contribution in [0.5, 0.6) is 5.75 Å². The maximum atomic E-state index is 12.8. The number of likely N-dealkylation sites (tertiary alicyclic amines) is 1. The van der Waals surface area contributed by atoms with E-state index in [1.165, 1.54) is 23.1 Å². The average Bonchev–Trinajstić information content (AvgIpc) is 3.43. The highest BCUT2D eigenvalue weighted by Crippen LogP contribution is 2.47. The van der Waals surface area contributed by atoms with E-state index in [4.69, 9.17) is 4.74 Å². The monoisotopic (exact) mass is 610 g/mol. The second-order valence-electron chi connectivity index (χ2n) is 8.66. The normalized spacial score (nSPS) is 16.0. The third kappa shape index (κ3) is 5.36. The average molecular weight is 611 g/mol. The summed E-state index contributed by atoms with van der Waals surface area (Å²) in [4.78, 5) is 25.2. The molecular weight excluding hydrogens is 594 g/mol. The van der Waals surface area contributed by atoms with Gasteiger partial charge in [0.1, 0.15) is 15.9 Å². The Labute approximate surface area is 233 Å². The molecule has 0 spiro atoms. The summed E-state index contributed by atoms with van der Waals surface area (Å²) in [6.07, 6.45) is 0.319. The van der Waals surface area contributed by atoms with Gasteiger partial charge >= 0.3 is 5.97 Å². The molecule has 14 nitrogen and oxygen atoms in total. The Kier molecular flexibility index (Phi) is 8.20. The molecule has 0 radical (unpaired) electrons. The van der Waals surface area contributed by atoms with Gasteiger partial charge in [-0.15, -0.1) is 0 Å². The zero-order valence-corrected chi connectivity index (χ0v) is 22.3. The van der Waals surface area contributed by atoms with Crippen LogP contribution in [0.1, 0.15) is 6.42 Å². The van der Waals surface area contributed by atoms with E-state index in [9.17, 15) is 38.2 Å². The van der Waals surface area contributed by atoms with Crippen LogP contribution in [0.25, 0.3) is 32.3 Å². The highest BCUT2D eigenvalue weighted by Gasteiger charge is 2.31. The summed E-state index contributed by atoms with van der Waals surface area (Å²) in [5.74, 6) is -1.96. The Balaban J connectivity index is 1.66. The smallest absolute Gasteiger partial charge is 0.308 e. The molecule has 1 saturated heterocycles. The Morgan fingerprint density at radius 3 is 2.10 bits per heavy atom. The standard InChI is InChI=1S/C23H19NO13S3/c25-20(24-6-5-11(9-24)23(26)27)10-33-16-7-17(38-36-34-28)13-2-3-14-18(39-37-35-29)8-19(40(30,31)32)15-4-1-12(16)21(13)22(14)15/h1-4,7-8,11,28-29H,5-6,9-10H2,(H,26,27)(H,30,31,32)/p-3. The predicted octanol–water partition coefficient (Wildman–Crippen LogP) is 1.26. The van der Waals surface area contributed by atoms with Crippen LogP contribution >= 0.6 is 24.1 Å². The summed E-state index contributed by atoms with van der Waals surface area (Å²) >= 11 is 0.935. The van der Waals surface area contributed by atoms with Crippen molar-refractivity contribution >= 4 is 78.4 Å². The van der Waals surface area contributed by atoms with Crippen LogP contribution in [0.15, 0.2) is 51.1 Å². The molecule has 1 aliphatic rings. The summed E-state index contributed by atoms with van der Waals surface area (Å²) in [5, 5.41) is 39.1. The Bertz CT molecular complexity index is 1710. The number of aliphatic carboxylic acids is 1. The maximum absolute atomic E-state index is 12.8. The number of carbonyl (C=O) groups is 2. The lowest BCUT2D eigenvalue weighted by molar-refractivity contribution is -0.777. The van der Waals surface area contributed by atoms with Gasteiger partial charge in [0.25, 0.3) is 5.91 Å². The van der Waals surface area contributed by atoms with Crippen LogP contribution in [-0.4, -0.2) is 54.5 Å². The first kappa shape index (κ1) is 28.6. The number of nitrogens with zero attached hydrogens (tertiary/aromatic N) is 1. The van der Waals surface area contributed by atoms with Crippen molar-refractivity contribution in [3.8, 4) is 5.75 Å². The van der Waals surface area contributed by atoms with Crippen molar-refractivity contribution < 1.29 is 61.7 Å². The molecule has 1 heterocycles. The van der Waals surface area contributed by atoms with Gasteiger partial charge in [0.2, 0.25) is 0 Å². The van der Waals surface area contributed by atoms with E-state index in [0.717, 1.165) is 6.07 Å². The number of hydrogen-bond acceptors (Lipinski definition) is 14. The molecule has 4 aromatic carbocycles. The van der Waals surface area contributed by atoms with E-state index in [0.29, 0.717) is 52.1 Å². The van der Waals surface area contributed by atoms with Crippen molar-refractivity contribution in [1.29, 1.82) is 0 Å². The molecule has 0 aliphatic carbocycles. The fourth-order valence-electron chi connectivity index (χ4n) is 4.85. The summed E-state index contributed by atoms with van der Waals surface area (Å²) in [7, 11) is -5.00. The first-order valence-corrected chi connectivity index (χ1v) is 14.2. The van der Waals surface area contributed by atoms with Gasteiger partial charge in [-0.1, -0.05) is 18.2 Å². The van der Waals surface area contributed by atoms with Crippen LogP contribution in [0.2, 0.25) is 0 Å². The fourth-order valence-corrected chi connectivity index (χ4v) is 6.67. The molecule has 0 saturated carbocycles. The van der Waals surface area contributed by atoms with Gasteiger partial charge in [0, 0.05) is 34.1 Å². The zero-order valence-electron chi connectivity index (χ0n) is 19.9. The number of carboxylic acids is 1. The molecule has 1 N–H and O–H groups in total. The summed E-state index contributed by atoms with van der Waals surface area (Å²) in [5.41, 5.74) is 0.